The second-order valence-corrected chi connectivity index (χ2v) is 17.6. The van der Waals surface area contributed by atoms with Gasteiger partial charge in [0, 0.05) is 13.7 Å². The highest BCUT2D eigenvalue weighted by atomic mass is 28.4. The molecule has 2 aromatic rings. The lowest BCUT2D eigenvalue weighted by Gasteiger charge is -2.44. The van der Waals surface area contributed by atoms with Crippen molar-refractivity contribution in [3.05, 3.63) is 60.7 Å². The fourth-order valence-electron chi connectivity index (χ4n) is 6.88. The van der Waals surface area contributed by atoms with Crippen LogP contribution in [0, 0.1) is 0 Å². The monoisotopic (exact) mass is 614 g/mol. The van der Waals surface area contributed by atoms with Gasteiger partial charge in [0.2, 0.25) is 5.91 Å². The van der Waals surface area contributed by atoms with E-state index in [1.807, 2.05) is 36.4 Å². The Labute approximate surface area is 255 Å². The van der Waals surface area contributed by atoms with E-state index in [0.717, 1.165) is 10.4 Å². The molecule has 0 saturated carbocycles. The van der Waals surface area contributed by atoms with Crippen molar-refractivity contribution < 1.29 is 38.4 Å². The molecule has 0 aromatic heterocycles. The van der Waals surface area contributed by atoms with E-state index in [2.05, 4.69) is 50.4 Å². The summed E-state index contributed by atoms with van der Waals surface area (Å²) in [5.74, 6) is -1.31. The average molecular weight is 615 g/mol. The molecule has 3 saturated heterocycles. The van der Waals surface area contributed by atoms with Crippen LogP contribution in [0.3, 0.4) is 0 Å². The zero-order chi connectivity index (χ0) is 31.2. The van der Waals surface area contributed by atoms with Gasteiger partial charge in [-0.1, -0.05) is 81.4 Å². The van der Waals surface area contributed by atoms with E-state index in [1.54, 1.807) is 25.8 Å². The molecule has 3 N–H and O–H groups in total. The summed E-state index contributed by atoms with van der Waals surface area (Å²) in [6.07, 6.45) is -5.02. The Bertz CT molecular complexity index is 1200. The fraction of sp³-hybridized carbons (Fsp3) is 0.594. The number of carbonyl (C=O) groups is 1. The molecule has 11 heteroatoms. The molecule has 10 nitrogen and oxygen atoms in total. The summed E-state index contributed by atoms with van der Waals surface area (Å²) < 4.78 is 30.5. The molecule has 236 valence electrons. The summed E-state index contributed by atoms with van der Waals surface area (Å²) in [5, 5.41) is 27.9. The van der Waals surface area contributed by atoms with Gasteiger partial charge >= 0.3 is 0 Å². The van der Waals surface area contributed by atoms with E-state index < -0.39 is 68.9 Å². The van der Waals surface area contributed by atoms with Crippen LogP contribution in [0.15, 0.2) is 60.7 Å². The van der Waals surface area contributed by atoms with Crippen molar-refractivity contribution in [2.45, 2.75) is 94.3 Å². The van der Waals surface area contributed by atoms with Crippen LogP contribution in [0.1, 0.15) is 34.6 Å². The number of aliphatic hydroxyl groups is 2. The molecule has 0 unspecified atom stereocenters. The number of benzene rings is 2. The molecule has 3 heterocycles. The first-order valence-electron chi connectivity index (χ1n) is 14.9. The molecule has 0 spiro atoms. The van der Waals surface area contributed by atoms with Crippen molar-refractivity contribution in [2.24, 2.45) is 0 Å². The van der Waals surface area contributed by atoms with E-state index in [-0.39, 0.29) is 18.2 Å². The van der Waals surface area contributed by atoms with Crippen molar-refractivity contribution in [1.82, 2.24) is 10.2 Å². The Hall–Kier alpha value is -2.19. The van der Waals surface area contributed by atoms with E-state index in [9.17, 15) is 15.0 Å². The number of hydrogen-bond donors (Lipinski definition) is 3. The van der Waals surface area contributed by atoms with Crippen LogP contribution in [0.4, 0.5) is 0 Å². The summed E-state index contributed by atoms with van der Waals surface area (Å²) in [7, 11) is 0.300. The third-order valence-corrected chi connectivity index (χ3v) is 13.9. The number of fused-ring (bicyclic) bond motifs is 1. The van der Waals surface area contributed by atoms with Crippen molar-refractivity contribution in [2.75, 3.05) is 27.3 Å². The van der Waals surface area contributed by atoms with Crippen LogP contribution < -0.4 is 15.7 Å². The molecular formula is C32H46N2O8Si. The number of hydrogen-bond acceptors (Lipinski definition) is 9. The number of nitrogens with zero attached hydrogens (tertiary/aromatic N) is 1. The Morgan fingerprint density at radius 1 is 1.05 bits per heavy atom. The van der Waals surface area contributed by atoms with Crippen LogP contribution in [-0.4, -0.2) is 111 Å². The molecule has 0 aliphatic carbocycles. The van der Waals surface area contributed by atoms with Crippen LogP contribution in [0.2, 0.25) is 5.04 Å². The Kier molecular flexibility index (Phi) is 9.21. The Morgan fingerprint density at radius 3 is 2.14 bits per heavy atom. The van der Waals surface area contributed by atoms with Crippen LogP contribution in [-0.2, 0) is 28.2 Å². The second kappa shape index (κ2) is 12.3. The third kappa shape index (κ3) is 6.07. The first-order chi connectivity index (χ1) is 20.3. The van der Waals surface area contributed by atoms with Gasteiger partial charge in [0.05, 0.1) is 18.8 Å². The maximum Gasteiger partial charge on any atom is 0.261 e. The van der Waals surface area contributed by atoms with E-state index >= 15 is 0 Å². The summed E-state index contributed by atoms with van der Waals surface area (Å²) in [6.45, 7) is 10.3. The molecule has 43 heavy (non-hydrogen) atoms. The molecular weight excluding hydrogens is 568 g/mol. The number of rotatable bonds is 8. The number of amides is 1. The van der Waals surface area contributed by atoms with Gasteiger partial charge in [-0.15, -0.1) is 0 Å². The van der Waals surface area contributed by atoms with Gasteiger partial charge in [0.15, 0.2) is 12.1 Å². The predicted molar refractivity (Wildman–Crippen MR) is 163 cm³/mol. The van der Waals surface area contributed by atoms with Crippen LogP contribution in [0.25, 0.3) is 0 Å². The van der Waals surface area contributed by atoms with E-state index in [4.69, 9.17) is 23.4 Å². The van der Waals surface area contributed by atoms with E-state index in [0.29, 0.717) is 0 Å². The summed E-state index contributed by atoms with van der Waals surface area (Å²) in [6, 6.07) is 18.7. The Balaban J connectivity index is 1.39. The highest BCUT2D eigenvalue weighted by molar-refractivity contribution is 6.99. The molecule has 0 radical (unpaired) electrons. The largest absolute Gasteiger partial charge is 0.405 e. The zero-order valence-electron chi connectivity index (χ0n) is 26.1. The Morgan fingerprint density at radius 2 is 1.60 bits per heavy atom. The number of methoxy groups -OCH3 is 1. The SMILES string of the molecule is CO[C@@H]1O[C@H]([C@@H](O)[C@H]2C(=O)N[C@H](CO[Si](c3ccccc3)(c3ccccc3)C(C)(C)C)[C@@H](O)CN2C)[C@H]2OC(C)(C)O[C@@H]12. The normalized spacial score (nSPS) is 32.2. The van der Waals surface area contributed by atoms with Gasteiger partial charge in [0.25, 0.3) is 8.32 Å². The summed E-state index contributed by atoms with van der Waals surface area (Å²) >= 11 is 0. The molecule has 1 amide bonds. The average Bonchev–Trinajstić information content (AvgIpc) is 3.41. The minimum atomic E-state index is -2.91. The van der Waals surface area contributed by atoms with Gasteiger partial charge in [0.1, 0.15) is 30.5 Å². The summed E-state index contributed by atoms with van der Waals surface area (Å²) in [5.41, 5.74) is 0. The number of carbonyl (C=O) groups excluding carboxylic acids is 1. The van der Waals surface area contributed by atoms with Crippen molar-refractivity contribution >= 4 is 24.6 Å². The molecule has 3 fully saturated rings. The maximum absolute atomic E-state index is 13.8. The summed E-state index contributed by atoms with van der Waals surface area (Å²) in [4.78, 5) is 15.4. The minimum Gasteiger partial charge on any atom is -0.405 e. The zero-order valence-corrected chi connectivity index (χ0v) is 27.1. The number of nitrogens with one attached hydrogen (secondary N) is 1. The minimum absolute atomic E-state index is 0.0956. The maximum atomic E-state index is 13.8. The molecule has 0 bridgehead atoms. The number of aliphatic hydroxyl groups excluding tert-OH is 2. The number of ether oxygens (including phenoxy) is 4. The van der Waals surface area contributed by atoms with Gasteiger partial charge in [-0.3, -0.25) is 9.69 Å². The van der Waals surface area contributed by atoms with Crippen molar-refractivity contribution in [3.8, 4) is 0 Å². The molecule has 5 rings (SSSR count). The third-order valence-electron chi connectivity index (χ3n) is 8.85. The lowest BCUT2D eigenvalue weighted by Crippen LogP contribution is -2.67. The standard InChI is InChI=1S/C32H46N2O8Si/c1-31(2,3)43(20-14-10-8-11-15-20,21-16-12-9-13-17-21)39-19-22-23(35)18-34(6)24(29(37)33-22)25(36)26-27-28(30(38-7)40-26)42-32(4,5)41-27/h8-17,22-28,30,35-36H,18-19H2,1-7H3,(H,33,37)/t22-,23+,24+,25+,26-,27-,28-,30-/m1/s1. The van der Waals surface area contributed by atoms with Gasteiger partial charge in [-0.05, 0) is 36.3 Å². The van der Waals surface area contributed by atoms with Gasteiger partial charge < -0.3 is 38.9 Å². The lowest BCUT2D eigenvalue weighted by atomic mass is 9.98. The highest BCUT2D eigenvalue weighted by Gasteiger charge is 2.59. The van der Waals surface area contributed by atoms with E-state index in [1.165, 1.54) is 7.11 Å². The molecule has 3 aliphatic heterocycles. The topological polar surface area (TPSA) is 119 Å². The molecule has 8 atom stereocenters. The second-order valence-electron chi connectivity index (χ2n) is 13.3. The highest BCUT2D eigenvalue weighted by Crippen LogP contribution is 2.41. The van der Waals surface area contributed by atoms with Crippen LogP contribution >= 0.6 is 0 Å². The quantitative estimate of drug-likeness (QED) is 0.374. The molecule has 3 aliphatic rings. The smallest absolute Gasteiger partial charge is 0.261 e. The van der Waals surface area contributed by atoms with Crippen molar-refractivity contribution in [1.29, 1.82) is 0 Å². The first-order valence-corrected chi connectivity index (χ1v) is 16.9. The molecule has 2 aromatic carbocycles. The fourth-order valence-corrected chi connectivity index (χ4v) is 11.5. The number of likely N-dealkylation sites (N-methyl/N-ethyl adjacent to an activating group) is 1. The predicted octanol–water partition coefficient (Wildman–Crippen LogP) is 0.975. The van der Waals surface area contributed by atoms with Crippen LogP contribution in [0.5, 0.6) is 0 Å². The van der Waals surface area contributed by atoms with Crippen molar-refractivity contribution in [3.63, 3.8) is 0 Å². The lowest BCUT2D eigenvalue weighted by molar-refractivity contribution is -0.239. The number of β-amino-alcohol motifs (C(OH)–C–C–N with tert-alkyl or cyclic N) is 1. The van der Waals surface area contributed by atoms with Gasteiger partial charge in [-0.2, -0.15) is 0 Å². The first kappa shape index (κ1) is 32.2. The van der Waals surface area contributed by atoms with Gasteiger partial charge in [-0.25, -0.2) is 0 Å².